The van der Waals surface area contributed by atoms with Gasteiger partial charge in [-0.05, 0) is 55.9 Å². The van der Waals surface area contributed by atoms with Gasteiger partial charge in [0.2, 0.25) is 0 Å². The predicted molar refractivity (Wildman–Crippen MR) is 94.6 cm³/mol. The fraction of sp³-hybridized carbons (Fsp3) is 0.381. The molecule has 0 aliphatic heterocycles. The predicted octanol–water partition coefficient (Wildman–Crippen LogP) is 5.08. The molecule has 1 fully saturated rings. The molecule has 0 aromatic heterocycles. The molecule has 0 atom stereocenters. The average Bonchev–Trinajstić information content (AvgIpc) is 3.39. The molecule has 0 bridgehead atoms. The normalized spacial score (nSPS) is 13.6. The molecule has 1 aliphatic carbocycles. The number of carbonyl (C=O) groups is 1. The molecule has 2 aromatic carbocycles. The summed E-state index contributed by atoms with van der Waals surface area (Å²) in [4.78, 5) is 11.7. The molecular weight excluding hydrogens is 300 g/mol. The van der Waals surface area contributed by atoms with E-state index in [0.717, 1.165) is 16.9 Å². The molecule has 126 valence electrons. The third kappa shape index (κ3) is 3.78. The topological polar surface area (TPSA) is 35.5 Å². The van der Waals surface area contributed by atoms with Gasteiger partial charge in [-0.2, -0.15) is 0 Å². The maximum absolute atomic E-state index is 11.7. The third-order valence-corrected chi connectivity index (χ3v) is 4.40. The van der Waals surface area contributed by atoms with Crippen LogP contribution in [0, 0.1) is 13.8 Å². The second kappa shape index (κ2) is 7.08. The van der Waals surface area contributed by atoms with Gasteiger partial charge < -0.3 is 9.47 Å². The van der Waals surface area contributed by atoms with E-state index in [1.165, 1.54) is 24.0 Å². The Morgan fingerprint density at radius 2 is 1.92 bits per heavy atom. The summed E-state index contributed by atoms with van der Waals surface area (Å²) in [5.41, 5.74) is 4.59. The summed E-state index contributed by atoms with van der Waals surface area (Å²) in [6.45, 7) is 6.34. The lowest BCUT2D eigenvalue weighted by Gasteiger charge is -2.16. The van der Waals surface area contributed by atoms with E-state index in [9.17, 15) is 4.79 Å². The highest BCUT2D eigenvalue weighted by Crippen LogP contribution is 2.44. The Hall–Kier alpha value is -2.29. The SMILES string of the molecule is CCC(=O)Oc1cccc(C2CC2)c1COc1ccc(C)cc1C. The summed E-state index contributed by atoms with van der Waals surface area (Å²) < 4.78 is 11.6. The van der Waals surface area contributed by atoms with Crippen LogP contribution in [0.3, 0.4) is 0 Å². The monoisotopic (exact) mass is 324 g/mol. The number of aryl methyl sites for hydroxylation is 2. The fourth-order valence-electron chi connectivity index (χ4n) is 2.92. The van der Waals surface area contributed by atoms with Gasteiger partial charge in [0.05, 0.1) is 0 Å². The van der Waals surface area contributed by atoms with Crippen molar-refractivity contribution in [2.75, 3.05) is 0 Å². The summed E-state index contributed by atoms with van der Waals surface area (Å²) in [6.07, 6.45) is 2.76. The van der Waals surface area contributed by atoms with Crippen LogP contribution in [0.2, 0.25) is 0 Å². The van der Waals surface area contributed by atoms with Crippen molar-refractivity contribution in [1.29, 1.82) is 0 Å². The van der Waals surface area contributed by atoms with E-state index >= 15 is 0 Å². The number of carbonyl (C=O) groups excluding carboxylic acids is 1. The molecule has 0 N–H and O–H groups in total. The summed E-state index contributed by atoms with van der Waals surface area (Å²) >= 11 is 0. The molecule has 1 aliphatic rings. The molecule has 0 heterocycles. The molecule has 0 spiro atoms. The average molecular weight is 324 g/mol. The maximum atomic E-state index is 11.7. The zero-order valence-electron chi connectivity index (χ0n) is 14.6. The van der Waals surface area contributed by atoms with Crippen LogP contribution in [-0.2, 0) is 11.4 Å². The van der Waals surface area contributed by atoms with Crippen molar-refractivity contribution in [1.82, 2.24) is 0 Å². The Balaban J connectivity index is 1.85. The summed E-state index contributed by atoms with van der Waals surface area (Å²) in [5.74, 6) is 1.87. The summed E-state index contributed by atoms with van der Waals surface area (Å²) in [7, 11) is 0. The molecule has 3 nitrogen and oxygen atoms in total. The van der Waals surface area contributed by atoms with E-state index < -0.39 is 0 Å². The Morgan fingerprint density at radius 3 is 2.58 bits per heavy atom. The first-order chi connectivity index (χ1) is 11.6. The van der Waals surface area contributed by atoms with Gasteiger partial charge in [-0.1, -0.05) is 36.8 Å². The molecule has 3 rings (SSSR count). The standard InChI is InChI=1S/C21H24O3/c1-4-21(22)24-20-7-5-6-17(16-9-10-16)18(20)13-23-19-11-8-14(2)12-15(19)3/h5-8,11-12,16H,4,9-10,13H2,1-3H3. The Labute approximate surface area is 143 Å². The molecule has 2 aromatic rings. The van der Waals surface area contributed by atoms with Crippen LogP contribution >= 0.6 is 0 Å². The Morgan fingerprint density at radius 1 is 1.12 bits per heavy atom. The first kappa shape index (κ1) is 16.6. The number of hydrogen-bond acceptors (Lipinski definition) is 3. The van der Waals surface area contributed by atoms with Crippen LogP contribution in [-0.4, -0.2) is 5.97 Å². The highest BCUT2D eigenvalue weighted by Gasteiger charge is 2.28. The maximum Gasteiger partial charge on any atom is 0.310 e. The first-order valence-electron chi connectivity index (χ1n) is 8.61. The van der Waals surface area contributed by atoms with E-state index in [1.54, 1.807) is 6.92 Å². The van der Waals surface area contributed by atoms with E-state index in [4.69, 9.17) is 9.47 Å². The smallest absolute Gasteiger partial charge is 0.310 e. The first-order valence-corrected chi connectivity index (χ1v) is 8.61. The van der Waals surface area contributed by atoms with Gasteiger partial charge in [0.15, 0.2) is 0 Å². The van der Waals surface area contributed by atoms with Crippen LogP contribution in [0.4, 0.5) is 0 Å². The molecule has 3 heteroatoms. The minimum absolute atomic E-state index is 0.212. The van der Waals surface area contributed by atoms with Crippen LogP contribution in [0.25, 0.3) is 0 Å². The highest BCUT2D eigenvalue weighted by atomic mass is 16.5. The largest absolute Gasteiger partial charge is 0.488 e. The summed E-state index contributed by atoms with van der Waals surface area (Å²) in [6, 6.07) is 12.1. The van der Waals surface area contributed by atoms with Gasteiger partial charge in [0, 0.05) is 12.0 Å². The zero-order chi connectivity index (χ0) is 17.1. The number of benzene rings is 2. The van der Waals surface area contributed by atoms with Gasteiger partial charge in [-0.25, -0.2) is 0 Å². The minimum atomic E-state index is -0.212. The van der Waals surface area contributed by atoms with Crippen molar-refractivity contribution in [3.63, 3.8) is 0 Å². The van der Waals surface area contributed by atoms with Gasteiger partial charge in [0.25, 0.3) is 0 Å². The quantitative estimate of drug-likeness (QED) is 0.549. The fourth-order valence-corrected chi connectivity index (χ4v) is 2.92. The van der Waals surface area contributed by atoms with Crippen molar-refractivity contribution in [2.45, 2.75) is 52.6 Å². The Bertz CT molecular complexity index is 745. The second-order valence-corrected chi connectivity index (χ2v) is 6.48. The molecule has 0 amide bonds. The molecule has 0 saturated heterocycles. The minimum Gasteiger partial charge on any atom is -0.488 e. The van der Waals surface area contributed by atoms with Crippen LogP contribution in [0.5, 0.6) is 11.5 Å². The second-order valence-electron chi connectivity index (χ2n) is 6.48. The number of ether oxygens (including phenoxy) is 2. The lowest BCUT2D eigenvalue weighted by molar-refractivity contribution is -0.134. The molecule has 24 heavy (non-hydrogen) atoms. The third-order valence-electron chi connectivity index (χ3n) is 4.40. The van der Waals surface area contributed by atoms with Gasteiger partial charge in [-0.15, -0.1) is 0 Å². The van der Waals surface area contributed by atoms with Gasteiger partial charge >= 0.3 is 5.97 Å². The van der Waals surface area contributed by atoms with E-state index in [2.05, 4.69) is 19.1 Å². The van der Waals surface area contributed by atoms with Crippen LogP contribution < -0.4 is 9.47 Å². The van der Waals surface area contributed by atoms with Crippen molar-refractivity contribution in [2.24, 2.45) is 0 Å². The van der Waals surface area contributed by atoms with Gasteiger partial charge in [0.1, 0.15) is 18.1 Å². The van der Waals surface area contributed by atoms with Crippen LogP contribution in [0.1, 0.15) is 54.4 Å². The Kier molecular flexibility index (Phi) is 4.89. The van der Waals surface area contributed by atoms with E-state index in [-0.39, 0.29) is 5.97 Å². The molecule has 0 unspecified atom stereocenters. The molecular formula is C21H24O3. The number of hydrogen-bond donors (Lipinski definition) is 0. The highest BCUT2D eigenvalue weighted by molar-refractivity contribution is 5.72. The molecule has 0 radical (unpaired) electrons. The summed E-state index contributed by atoms with van der Waals surface area (Å²) in [5, 5.41) is 0. The lowest BCUT2D eigenvalue weighted by Crippen LogP contribution is -2.10. The molecule has 1 saturated carbocycles. The van der Waals surface area contributed by atoms with E-state index in [0.29, 0.717) is 24.7 Å². The zero-order valence-corrected chi connectivity index (χ0v) is 14.6. The van der Waals surface area contributed by atoms with Crippen molar-refractivity contribution in [3.05, 3.63) is 58.7 Å². The van der Waals surface area contributed by atoms with E-state index in [1.807, 2.05) is 31.2 Å². The van der Waals surface area contributed by atoms with Crippen LogP contribution in [0.15, 0.2) is 36.4 Å². The van der Waals surface area contributed by atoms with Crippen molar-refractivity contribution in [3.8, 4) is 11.5 Å². The van der Waals surface area contributed by atoms with Crippen molar-refractivity contribution >= 4 is 5.97 Å². The lowest BCUT2D eigenvalue weighted by atomic mass is 10.0. The number of rotatable bonds is 6. The van der Waals surface area contributed by atoms with Gasteiger partial charge in [-0.3, -0.25) is 4.79 Å². The van der Waals surface area contributed by atoms with Crippen molar-refractivity contribution < 1.29 is 14.3 Å². The number of esters is 1.